The van der Waals surface area contributed by atoms with Crippen molar-refractivity contribution in [2.45, 2.75) is 36.9 Å². The average molecular weight is 462 g/mol. The minimum absolute atomic E-state index is 0.0177. The topological polar surface area (TPSA) is 146 Å². The third-order valence-electron chi connectivity index (χ3n) is 5.28. The Labute approximate surface area is 188 Å². The Morgan fingerprint density at radius 1 is 1.00 bits per heavy atom. The lowest BCUT2D eigenvalue weighted by atomic mass is 9.89. The van der Waals surface area contributed by atoms with Crippen LogP contribution in [-0.2, 0) is 9.16 Å². The number of hydrogen-bond donors (Lipinski definition) is 5. The Morgan fingerprint density at radius 2 is 1.72 bits per heavy atom. The molecule has 1 aliphatic rings. The molecule has 0 aromatic heterocycles. The SMILES string of the molecule is O=C(c1ccccc1)c1ccc(C2O[C@H](CO)[C@@H](O)[C@H](O)[C@H]2O)c(OCCCO[Si])c1O. The number of phenolic OH excluding ortho intramolecular Hbond substituents is 1. The number of hydrogen-bond acceptors (Lipinski definition) is 9. The van der Waals surface area contributed by atoms with E-state index in [0.717, 1.165) is 0 Å². The van der Waals surface area contributed by atoms with Crippen molar-refractivity contribution in [3.63, 3.8) is 0 Å². The predicted molar refractivity (Wildman–Crippen MR) is 113 cm³/mol. The number of aromatic hydroxyl groups is 1. The van der Waals surface area contributed by atoms with Crippen LogP contribution < -0.4 is 4.74 Å². The Balaban J connectivity index is 2.01. The normalized spacial score (nSPS) is 25.5. The first-order valence-electron chi connectivity index (χ1n) is 10.1. The van der Waals surface area contributed by atoms with Crippen molar-refractivity contribution >= 4 is 16.3 Å². The fourth-order valence-corrected chi connectivity index (χ4v) is 3.70. The second kappa shape index (κ2) is 11.0. The Hall–Kier alpha value is -2.31. The van der Waals surface area contributed by atoms with Crippen molar-refractivity contribution in [3.05, 3.63) is 59.2 Å². The van der Waals surface area contributed by atoms with Gasteiger partial charge in [0, 0.05) is 24.2 Å². The third kappa shape index (κ3) is 5.02. The van der Waals surface area contributed by atoms with Gasteiger partial charge in [0.15, 0.2) is 17.3 Å². The lowest BCUT2D eigenvalue weighted by Gasteiger charge is -2.40. The number of aliphatic hydroxyl groups excluding tert-OH is 4. The van der Waals surface area contributed by atoms with Gasteiger partial charge in [0.05, 0.1) is 18.8 Å². The molecule has 9 nitrogen and oxygen atoms in total. The molecule has 5 atom stereocenters. The summed E-state index contributed by atoms with van der Waals surface area (Å²) in [5, 5.41) is 51.1. The van der Waals surface area contributed by atoms with E-state index in [0.29, 0.717) is 18.6 Å². The minimum Gasteiger partial charge on any atom is -0.504 e. The van der Waals surface area contributed by atoms with Gasteiger partial charge in [-0.3, -0.25) is 4.79 Å². The second-order valence-corrected chi connectivity index (χ2v) is 7.66. The molecular weight excluding hydrogens is 436 g/mol. The Morgan fingerprint density at radius 3 is 2.38 bits per heavy atom. The summed E-state index contributed by atoms with van der Waals surface area (Å²) in [6.07, 6.45) is -6.64. The fraction of sp³-hybridized carbons (Fsp3) is 0.409. The maximum atomic E-state index is 12.9. The van der Waals surface area contributed by atoms with Gasteiger partial charge < -0.3 is 39.4 Å². The van der Waals surface area contributed by atoms with E-state index in [1.807, 2.05) is 0 Å². The quantitative estimate of drug-likeness (QED) is 0.198. The predicted octanol–water partition coefficient (Wildman–Crippen LogP) is 0.00710. The van der Waals surface area contributed by atoms with Crippen LogP contribution in [0.15, 0.2) is 42.5 Å². The molecule has 0 bridgehead atoms. The number of benzene rings is 2. The van der Waals surface area contributed by atoms with Crippen molar-refractivity contribution in [2.75, 3.05) is 19.8 Å². The molecule has 2 aromatic rings. The van der Waals surface area contributed by atoms with Crippen LogP contribution in [0.4, 0.5) is 0 Å². The zero-order valence-electron chi connectivity index (χ0n) is 17.1. The van der Waals surface area contributed by atoms with E-state index in [9.17, 15) is 30.3 Å². The highest BCUT2D eigenvalue weighted by atomic mass is 28.2. The van der Waals surface area contributed by atoms with Crippen molar-refractivity contribution in [3.8, 4) is 11.5 Å². The highest BCUT2D eigenvalue weighted by molar-refractivity contribution is 6.11. The Bertz CT molecular complexity index is 906. The van der Waals surface area contributed by atoms with E-state index in [1.165, 1.54) is 12.1 Å². The van der Waals surface area contributed by atoms with E-state index in [-0.39, 0.29) is 23.5 Å². The number of rotatable bonds is 9. The van der Waals surface area contributed by atoms with Gasteiger partial charge in [-0.2, -0.15) is 0 Å². The van der Waals surface area contributed by atoms with Crippen molar-refractivity contribution in [1.82, 2.24) is 0 Å². The summed E-state index contributed by atoms with van der Waals surface area (Å²) in [5.74, 6) is -0.991. The summed E-state index contributed by atoms with van der Waals surface area (Å²) in [7, 11) is 2.89. The molecule has 0 aliphatic carbocycles. The fourth-order valence-electron chi connectivity index (χ4n) is 3.55. The molecule has 1 saturated heterocycles. The van der Waals surface area contributed by atoms with E-state index >= 15 is 0 Å². The first kappa shape index (κ1) is 24.3. The summed E-state index contributed by atoms with van der Waals surface area (Å²) in [4.78, 5) is 12.9. The minimum atomic E-state index is -1.60. The first-order valence-corrected chi connectivity index (χ1v) is 10.5. The molecule has 3 radical (unpaired) electrons. The van der Waals surface area contributed by atoms with Gasteiger partial charge in [0.25, 0.3) is 0 Å². The largest absolute Gasteiger partial charge is 0.504 e. The number of carbonyl (C=O) groups excluding carboxylic acids is 1. The van der Waals surface area contributed by atoms with Gasteiger partial charge in [0.2, 0.25) is 10.5 Å². The standard InChI is InChI=1S/C22H25O9Si/c23-11-15-18(26)19(27)20(28)22(31-15)14-8-7-13(16(24)12-5-2-1-3-6-12)17(25)21(14)29-9-4-10-30-32/h1-3,5-8,15,18-20,22-23,25-28H,4,9-11H2/t15-,18-,19+,20-,22?/m1/s1. The molecule has 10 heteroatoms. The maximum absolute atomic E-state index is 12.9. The Kier molecular flexibility index (Phi) is 8.37. The molecule has 171 valence electrons. The molecule has 3 rings (SSSR count). The van der Waals surface area contributed by atoms with Crippen LogP contribution >= 0.6 is 0 Å². The van der Waals surface area contributed by atoms with E-state index < -0.39 is 48.7 Å². The summed E-state index contributed by atoms with van der Waals surface area (Å²) < 4.78 is 16.1. The molecule has 1 heterocycles. The zero-order chi connectivity index (χ0) is 23.3. The third-order valence-corrected chi connectivity index (χ3v) is 5.48. The van der Waals surface area contributed by atoms with Crippen molar-refractivity contribution in [1.29, 1.82) is 0 Å². The average Bonchev–Trinajstić information content (AvgIpc) is 2.81. The monoisotopic (exact) mass is 461 g/mol. The molecule has 1 unspecified atom stereocenters. The van der Waals surface area contributed by atoms with Crippen molar-refractivity contribution < 1.29 is 44.2 Å². The number of carbonyl (C=O) groups is 1. The molecule has 5 N–H and O–H groups in total. The van der Waals surface area contributed by atoms with Crippen LogP contribution in [0.25, 0.3) is 0 Å². The molecule has 0 amide bonds. The number of ether oxygens (including phenoxy) is 2. The van der Waals surface area contributed by atoms with Gasteiger partial charge in [0.1, 0.15) is 30.5 Å². The van der Waals surface area contributed by atoms with E-state index in [2.05, 4.69) is 10.5 Å². The molecule has 32 heavy (non-hydrogen) atoms. The van der Waals surface area contributed by atoms with Gasteiger partial charge in [-0.15, -0.1) is 0 Å². The number of aliphatic hydroxyl groups is 4. The zero-order valence-corrected chi connectivity index (χ0v) is 18.1. The summed E-state index contributed by atoms with van der Waals surface area (Å²) in [6, 6.07) is 11.2. The first-order chi connectivity index (χ1) is 15.4. The van der Waals surface area contributed by atoms with Crippen LogP contribution in [0.5, 0.6) is 11.5 Å². The van der Waals surface area contributed by atoms with Crippen molar-refractivity contribution in [2.24, 2.45) is 0 Å². The van der Waals surface area contributed by atoms with Crippen LogP contribution in [0.2, 0.25) is 0 Å². The smallest absolute Gasteiger partial charge is 0.246 e. The van der Waals surface area contributed by atoms with Gasteiger partial charge in [-0.25, -0.2) is 0 Å². The van der Waals surface area contributed by atoms with Crippen LogP contribution in [0, 0.1) is 0 Å². The second-order valence-electron chi connectivity index (χ2n) is 7.38. The molecular formula is C22H25O9Si. The van der Waals surface area contributed by atoms with Gasteiger partial charge in [-0.05, 0) is 6.07 Å². The lowest BCUT2D eigenvalue weighted by Crippen LogP contribution is -2.55. The van der Waals surface area contributed by atoms with Gasteiger partial charge in [-0.1, -0.05) is 36.4 Å². The molecule has 1 fully saturated rings. The summed E-state index contributed by atoms with van der Waals surface area (Å²) in [6.45, 7) is -0.183. The lowest BCUT2D eigenvalue weighted by molar-refractivity contribution is -0.232. The van der Waals surface area contributed by atoms with Gasteiger partial charge >= 0.3 is 0 Å². The van der Waals surface area contributed by atoms with Crippen LogP contribution in [-0.4, -0.2) is 86.0 Å². The molecule has 1 aliphatic heterocycles. The van der Waals surface area contributed by atoms with E-state index in [4.69, 9.17) is 13.9 Å². The van der Waals surface area contributed by atoms with Crippen LogP contribution in [0.1, 0.15) is 34.0 Å². The molecule has 0 saturated carbocycles. The molecule has 0 spiro atoms. The molecule has 2 aromatic carbocycles. The number of phenols is 1. The highest BCUT2D eigenvalue weighted by Crippen LogP contribution is 2.43. The summed E-state index contributed by atoms with van der Waals surface area (Å²) in [5.41, 5.74) is 0.501. The highest BCUT2D eigenvalue weighted by Gasteiger charge is 2.45. The van der Waals surface area contributed by atoms with E-state index in [1.54, 1.807) is 30.3 Å². The summed E-state index contributed by atoms with van der Waals surface area (Å²) >= 11 is 0. The number of ketones is 1. The maximum Gasteiger partial charge on any atom is 0.246 e. The van der Waals surface area contributed by atoms with Crippen LogP contribution in [0.3, 0.4) is 0 Å².